The monoisotopic (exact) mass is 363 g/mol. The molecule has 6 heteroatoms. The molecule has 1 amide bonds. The molecule has 3 heterocycles. The number of rotatable bonds is 4. The van der Waals surface area contributed by atoms with E-state index in [9.17, 15) is 4.79 Å². The van der Waals surface area contributed by atoms with Crippen LogP contribution in [0.25, 0.3) is 0 Å². The first-order chi connectivity index (χ1) is 12.1. The molecule has 1 saturated carbocycles. The fourth-order valence-electron chi connectivity index (χ4n) is 4.03. The van der Waals surface area contributed by atoms with Gasteiger partial charge in [0.05, 0.1) is 17.1 Å². The molecule has 5 nitrogen and oxygen atoms in total. The molecule has 1 aliphatic carbocycles. The first-order valence-electron chi connectivity index (χ1n) is 9.78. The van der Waals surface area contributed by atoms with Crippen LogP contribution >= 0.6 is 11.3 Å². The van der Waals surface area contributed by atoms with Crippen LogP contribution in [0.2, 0.25) is 0 Å². The van der Waals surface area contributed by atoms with Crippen molar-refractivity contribution in [1.82, 2.24) is 14.8 Å². The van der Waals surface area contributed by atoms with Crippen molar-refractivity contribution in [3.05, 3.63) is 10.6 Å². The Kier molecular flexibility index (Phi) is 5.00. The predicted molar refractivity (Wildman–Crippen MR) is 98.9 cm³/mol. The number of amides is 1. The summed E-state index contributed by atoms with van der Waals surface area (Å²) in [5.41, 5.74) is 1.14. The molecule has 4 rings (SSSR count). The molecule has 0 bridgehead atoms. The van der Waals surface area contributed by atoms with E-state index in [1.807, 2.05) is 18.7 Å². The highest BCUT2D eigenvalue weighted by molar-refractivity contribution is 7.13. The van der Waals surface area contributed by atoms with Gasteiger partial charge in [0, 0.05) is 38.0 Å². The van der Waals surface area contributed by atoms with Crippen LogP contribution < -0.4 is 4.74 Å². The molecule has 0 radical (unpaired) electrons. The number of hydrogen-bond donors (Lipinski definition) is 0. The number of carbonyl (C=O) groups is 1. The largest absolute Gasteiger partial charge is 0.467 e. The number of thiazole rings is 1. The van der Waals surface area contributed by atoms with Gasteiger partial charge in [-0.05, 0) is 25.7 Å². The number of fused-ring (bicyclic) bond motifs is 1. The lowest BCUT2D eigenvalue weighted by Crippen LogP contribution is -2.46. The minimum absolute atomic E-state index is 0.0612. The maximum Gasteiger partial charge on any atom is 0.273 e. The second-order valence-corrected chi connectivity index (χ2v) is 9.00. The number of aromatic nitrogens is 1. The quantitative estimate of drug-likeness (QED) is 0.825. The molecular weight excluding hydrogens is 334 g/mol. The Labute approximate surface area is 154 Å². The van der Waals surface area contributed by atoms with Crippen LogP contribution in [-0.4, -0.2) is 52.5 Å². The topological polar surface area (TPSA) is 45.7 Å². The van der Waals surface area contributed by atoms with Gasteiger partial charge in [0.25, 0.3) is 5.19 Å². The molecule has 3 aliphatic rings. The van der Waals surface area contributed by atoms with Crippen LogP contribution in [0.3, 0.4) is 0 Å². The second kappa shape index (κ2) is 7.23. The smallest absolute Gasteiger partial charge is 0.273 e. The Bertz CT molecular complexity index is 618. The molecule has 0 N–H and O–H groups in total. The minimum atomic E-state index is 0.0612. The van der Waals surface area contributed by atoms with Crippen molar-refractivity contribution in [3.8, 4) is 5.19 Å². The number of nitrogens with zero attached hydrogens (tertiary/aromatic N) is 3. The van der Waals surface area contributed by atoms with Crippen molar-refractivity contribution in [1.29, 1.82) is 0 Å². The number of ether oxygens (including phenoxy) is 1. The maximum absolute atomic E-state index is 12.2. The molecule has 25 heavy (non-hydrogen) atoms. The molecule has 0 atom stereocenters. The lowest BCUT2D eigenvalue weighted by atomic mass is 9.90. The van der Waals surface area contributed by atoms with Gasteiger partial charge in [0.2, 0.25) is 5.91 Å². The molecule has 1 aromatic rings. The number of likely N-dealkylation sites (tertiary alicyclic amines) is 1. The lowest BCUT2D eigenvalue weighted by Gasteiger charge is -2.41. The zero-order valence-electron chi connectivity index (χ0n) is 15.4. The highest BCUT2D eigenvalue weighted by atomic mass is 32.1. The molecule has 138 valence electrons. The highest BCUT2D eigenvalue weighted by Crippen LogP contribution is 2.33. The molecule has 2 fully saturated rings. The first-order valence-corrected chi connectivity index (χ1v) is 10.6. The third-order valence-corrected chi connectivity index (χ3v) is 6.83. The van der Waals surface area contributed by atoms with E-state index in [4.69, 9.17) is 9.72 Å². The van der Waals surface area contributed by atoms with Crippen LogP contribution in [0.5, 0.6) is 5.19 Å². The van der Waals surface area contributed by atoms with E-state index in [1.165, 1.54) is 24.1 Å². The van der Waals surface area contributed by atoms with E-state index < -0.39 is 0 Å². The van der Waals surface area contributed by atoms with Gasteiger partial charge in [-0.1, -0.05) is 31.6 Å². The molecule has 0 unspecified atom stereocenters. The Morgan fingerprint density at radius 1 is 1.20 bits per heavy atom. The van der Waals surface area contributed by atoms with Gasteiger partial charge < -0.3 is 14.5 Å². The van der Waals surface area contributed by atoms with Gasteiger partial charge in [-0.15, -0.1) is 0 Å². The van der Waals surface area contributed by atoms with Crippen LogP contribution in [0.1, 0.15) is 56.5 Å². The van der Waals surface area contributed by atoms with Crippen molar-refractivity contribution in [2.45, 2.75) is 71.1 Å². The normalized spacial score (nSPS) is 22.8. The van der Waals surface area contributed by atoms with Gasteiger partial charge in [0.1, 0.15) is 6.10 Å². The van der Waals surface area contributed by atoms with Crippen molar-refractivity contribution in [3.63, 3.8) is 0 Å². The summed E-state index contributed by atoms with van der Waals surface area (Å²) in [5.74, 6) is 0.302. The van der Waals surface area contributed by atoms with Crippen molar-refractivity contribution >= 4 is 17.2 Å². The SMILES string of the molecule is CC(C)C(=O)N1CCc2nc(OC3CCN(C4CCC4)CC3)sc2C1. The zero-order valence-corrected chi connectivity index (χ0v) is 16.2. The first kappa shape index (κ1) is 17.3. The van der Waals surface area contributed by atoms with Gasteiger partial charge in [-0.2, -0.15) is 0 Å². The molecule has 2 aliphatic heterocycles. The average Bonchev–Trinajstić information content (AvgIpc) is 2.95. The average molecular weight is 364 g/mol. The fourth-order valence-corrected chi connectivity index (χ4v) is 5.07. The zero-order chi connectivity index (χ0) is 17.4. The van der Waals surface area contributed by atoms with Gasteiger partial charge in [-0.25, -0.2) is 4.98 Å². The summed E-state index contributed by atoms with van der Waals surface area (Å²) in [7, 11) is 0. The summed E-state index contributed by atoms with van der Waals surface area (Å²) in [6, 6.07) is 0.845. The van der Waals surface area contributed by atoms with Crippen molar-refractivity contribution < 1.29 is 9.53 Å². The predicted octanol–water partition coefficient (Wildman–Crippen LogP) is 3.08. The minimum Gasteiger partial charge on any atom is -0.467 e. The summed E-state index contributed by atoms with van der Waals surface area (Å²) >= 11 is 1.64. The van der Waals surface area contributed by atoms with Gasteiger partial charge in [0.15, 0.2) is 0 Å². The summed E-state index contributed by atoms with van der Waals surface area (Å²) in [5, 5.41) is 0.811. The summed E-state index contributed by atoms with van der Waals surface area (Å²) in [6.45, 7) is 7.75. The van der Waals surface area contributed by atoms with Crippen molar-refractivity contribution in [2.24, 2.45) is 5.92 Å². The Morgan fingerprint density at radius 3 is 2.60 bits per heavy atom. The second-order valence-electron chi connectivity index (χ2n) is 7.95. The lowest BCUT2D eigenvalue weighted by molar-refractivity contribution is -0.135. The van der Waals surface area contributed by atoms with Crippen LogP contribution in [0.15, 0.2) is 0 Å². The third kappa shape index (κ3) is 3.70. The molecule has 1 aromatic heterocycles. The van der Waals surface area contributed by atoms with Crippen LogP contribution in [-0.2, 0) is 17.8 Å². The van der Waals surface area contributed by atoms with E-state index >= 15 is 0 Å². The van der Waals surface area contributed by atoms with E-state index in [1.54, 1.807) is 11.3 Å². The Hall–Kier alpha value is -1.14. The van der Waals surface area contributed by atoms with E-state index in [-0.39, 0.29) is 11.8 Å². The number of hydrogen-bond acceptors (Lipinski definition) is 5. The number of carbonyl (C=O) groups excluding carboxylic acids is 1. The molecule has 0 aromatic carbocycles. The standard InChI is InChI=1S/C19H29N3O2S/c1-13(2)18(23)22-11-8-16-17(12-22)25-19(20-16)24-15-6-9-21(10-7-15)14-4-3-5-14/h13-15H,3-12H2,1-2H3. The molecule has 1 saturated heterocycles. The Morgan fingerprint density at radius 2 is 1.96 bits per heavy atom. The number of piperidine rings is 1. The van der Waals surface area contributed by atoms with Crippen LogP contribution in [0.4, 0.5) is 0 Å². The summed E-state index contributed by atoms with van der Waals surface area (Å²) in [6.07, 6.45) is 7.55. The summed E-state index contributed by atoms with van der Waals surface area (Å²) < 4.78 is 6.21. The Balaban J connectivity index is 1.32. The van der Waals surface area contributed by atoms with Gasteiger partial charge in [-0.3, -0.25) is 4.79 Å². The van der Waals surface area contributed by atoms with Crippen LogP contribution in [0, 0.1) is 5.92 Å². The van der Waals surface area contributed by atoms with Gasteiger partial charge >= 0.3 is 0 Å². The van der Waals surface area contributed by atoms with Crippen molar-refractivity contribution in [2.75, 3.05) is 19.6 Å². The summed E-state index contributed by atoms with van der Waals surface area (Å²) in [4.78, 5) is 22.7. The van der Waals surface area contributed by atoms with E-state index in [0.29, 0.717) is 12.6 Å². The van der Waals surface area contributed by atoms with E-state index in [2.05, 4.69) is 4.90 Å². The highest BCUT2D eigenvalue weighted by Gasteiger charge is 2.30. The third-order valence-electron chi connectivity index (χ3n) is 5.85. The fraction of sp³-hybridized carbons (Fsp3) is 0.789. The molecular formula is C19H29N3O2S. The maximum atomic E-state index is 12.2. The molecule has 0 spiro atoms. The van der Waals surface area contributed by atoms with E-state index in [0.717, 1.165) is 55.8 Å².